The first kappa shape index (κ1) is 12.4. The summed E-state index contributed by atoms with van der Waals surface area (Å²) in [5, 5.41) is 7.86. The molecule has 1 fully saturated rings. The summed E-state index contributed by atoms with van der Waals surface area (Å²) in [5.74, 6) is 0.235. The Bertz CT molecular complexity index is 363. The Morgan fingerprint density at radius 1 is 1.60 bits per heavy atom. The van der Waals surface area contributed by atoms with Crippen molar-refractivity contribution in [1.82, 2.24) is 4.90 Å². The zero-order valence-electron chi connectivity index (χ0n) is 8.29. The number of nitrogens with zero attached hydrogens (tertiary/aromatic N) is 1. The summed E-state index contributed by atoms with van der Waals surface area (Å²) >= 11 is 1.57. The van der Waals surface area contributed by atoms with Crippen LogP contribution >= 0.6 is 11.8 Å². The summed E-state index contributed by atoms with van der Waals surface area (Å²) in [6.07, 6.45) is 3.48. The molecule has 0 aliphatic carbocycles. The van der Waals surface area contributed by atoms with E-state index in [1.54, 1.807) is 16.7 Å². The molecule has 0 saturated carbocycles. The van der Waals surface area contributed by atoms with Crippen molar-refractivity contribution in [3.63, 3.8) is 0 Å². The Labute approximate surface area is 93.1 Å². The number of sulfone groups is 1. The second kappa shape index (κ2) is 4.89. The number of rotatable bonds is 3. The van der Waals surface area contributed by atoms with Gasteiger partial charge in [0, 0.05) is 36.6 Å². The van der Waals surface area contributed by atoms with Gasteiger partial charge in [0.25, 0.3) is 0 Å². The third-order valence-electron chi connectivity index (χ3n) is 2.03. The van der Waals surface area contributed by atoms with Gasteiger partial charge in [-0.3, -0.25) is 0 Å². The van der Waals surface area contributed by atoms with Gasteiger partial charge in [-0.05, 0) is 0 Å². The molecule has 1 saturated heterocycles. The first-order chi connectivity index (χ1) is 6.91. The topological polar surface area (TPSA) is 74.7 Å². The highest BCUT2D eigenvalue weighted by Crippen LogP contribution is 2.20. The van der Waals surface area contributed by atoms with Crippen LogP contribution in [0.2, 0.25) is 0 Å². The van der Waals surface area contributed by atoms with E-state index in [-0.39, 0.29) is 0 Å². The van der Waals surface area contributed by atoms with E-state index in [1.807, 2.05) is 0 Å². The number of carboxylic acid groups (broad SMARTS) is 1. The van der Waals surface area contributed by atoms with Gasteiger partial charge in [0.2, 0.25) is 0 Å². The Hall–Kier alpha value is -0.690. The second-order valence-electron chi connectivity index (χ2n) is 3.25. The SMILES string of the molecule is CS(=O)(=O)C1CSCCN1/C=C/C(=O)O. The van der Waals surface area contributed by atoms with Crippen molar-refractivity contribution >= 4 is 27.6 Å². The molecule has 1 aliphatic rings. The van der Waals surface area contributed by atoms with E-state index in [1.165, 1.54) is 12.5 Å². The summed E-state index contributed by atoms with van der Waals surface area (Å²) in [6.45, 7) is 0.562. The van der Waals surface area contributed by atoms with Crippen molar-refractivity contribution in [3.05, 3.63) is 12.3 Å². The molecule has 1 N–H and O–H groups in total. The fraction of sp³-hybridized carbons (Fsp3) is 0.625. The third-order valence-corrected chi connectivity index (χ3v) is 4.69. The molecule has 0 aromatic carbocycles. The molecule has 1 atom stereocenters. The monoisotopic (exact) mass is 251 g/mol. The van der Waals surface area contributed by atoms with Crippen LogP contribution in [-0.2, 0) is 14.6 Å². The highest BCUT2D eigenvalue weighted by molar-refractivity contribution is 8.00. The maximum absolute atomic E-state index is 11.4. The van der Waals surface area contributed by atoms with Crippen LogP contribution in [0.15, 0.2) is 12.3 Å². The van der Waals surface area contributed by atoms with E-state index >= 15 is 0 Å². The minimum Gasteiger partial charge on any atom is -0.478 e. The molecular weight excluding hydrogens is 238 g/mol. The van der Waals surface area contributed by atoms with Crippen LogP contribution in [0.3, 0.4) is 0 Å². The molecule has 0 aromatic heterocycles. The first-order valence-corrected chi connectivity index (χ1v) is 7.45. The highest BCUT2D eigenvalue weighted by Gasteiger charge is 2.28. The van der Waals surface area contributed by atoms with Crippen LogP contribution in [0.1, 0.15) is 0 Å². The lowest BCUT2D eigenvalue weighted by Gasteiger charge is -2.32. The van der Waals surface area contributed by atoms with Crippen molar-refractivity contribution in [3.8, 4) is 0 Å². The van der Waals surface area contributed by atoms with Gasteiger partial charge in [-0.2, -0.15) is 11.8 Å². The molecule has 0 amide bonds. The Morgan fingerprint density at radius 2 is 2.27 bits per heavy atom. The van der Waals surface area contributed by atoms with E-state index < -0.39 is 21.2 Å². The van der Waals surface area contributed by atoms with Crippen LogP contribution in [0.4, 0.5) is 0 Å². The molecule has 0 spiro atoms. The lowest BCUT2D eigenvalue weighted by atomic mass is 10.5. The molecule has 0 bridgehead atoms. The lowest BCUT2D eigenvalue weighted by molar-refractivity contribution is -0.131. The summed E-state index contributed by atoms with van der Waals surface area (Å²) in [6, 6.07) is 0. The predicted molar refractivity (Wildman–Crippen MR) is 59.4 cm³/mol. The van der Waals surface area contributed by atoms with Crippen molar-refractivity contribution in [2.45, 2.75) is 5.37 Å². The van der Waals surface area contributed by atoms with Crippen LogP contribution < -0.4 is 0 Å². The molecule has 86 valence electrons. The average molecular weight is 251 g/mol. The maximum atomic E-state index is 11.4. The van der Waals surface area contributed by atoms with Gasteiger partial charge in [-0.15, -0.1) is 0 Å². The van der Waals surface area contributed by atoms with E-state index in [2.05, 4.69) is 0 Å². The summed E-state index contributed by atoms with van der Waals surface area (Å²) < 4.78 is 22.8. The Balaban J connectivity index is 2.79. The number of carbonyl (C=O) groups is 1. The Morgan fingerprint density at radius 3 is 2.80 bits per heavy atom. The maximum Gasteiger partial charge on any atom is 0.329 e. The summed E-state index contributed by atoms with van der Waals surface area (Å²) in [4.78, 5) is 11.9. The molecule has 0 radical (unpaired) electrons. The smallest absolute Gasteiger partial charge is 0.329 e. The molecule has 5 nitrogen and oxygen atoms in total. The van der Waals surface area contributed by atoms with Gasteiger partial charge in [0.15, 0.2) is 9.84 Å². The van der Waals surface area contributed by atoms with Crippen molar-refractivity contribution in [2.24, 2.45) is 0 Å². The van der Waals surface area contributed by atoms with E-state index in [9.17, 15) is 13.2 Å². The normalized spacial score (nSPS) is 23.3. The lowest BCUT2D eigenvalue weighted by Crippen LogP contribution is -2.43. The van der Waals surface area contributed by atoms with E-state index in [4.69, 9.17) is 5.11 Å². The molecule has 1 rings (SSSR count). The molecule has 1 aliphatic heterocycles. The van der Waals surface area contributed by atoms with Crippen LogP contribution in [-0.4, -0.2) is 54.1 Å². The van der Waals surface area contributed by atoms with E-state index in [0.29, 0.717) is 12.3 Å². The zero-order chi connectivity index (χ0) is 11.5. The predicted octanol–water partition coefficient (Wildman–Crippen LogP) is 0.00420. The molecule has 1 unspecified atom stereocenters. The van der Waals surface area contributed by atoms with Crippen LogP contribution in [0, 0.1) is 0 Å². The highest BCUT2D eigenvalue weighted by atomic mass is 32.2. The van der Waals surface area contributed by atoms with Gasteiger partial charge >= 0.3 is 5.97 Å². The largest absolute Gasteiger partial charge is 0.478 e. The van der Waals surface area contributed by atoms with Gasteiger partial charge in [-0.25, -0.2) is 13.2 Å². The number of aliphatic carboxylic acids is 1. The standard InChI is InChI=1S/C8H13NO4S2/c1-15(12,13)7-6-14-5-4-9(7)3-2-8(10)11/h2-3,7H,4-6H2,1H3,(H,10,11)/b3-2+. The minimum atomic E-state index is -3.16. The minimum absolute atomic E-state index is 0.489. The fourth-order valence-electron chi connectivity index (χ4n) is 1.29. The number of thioether (sulfide) groups is 1. The number of hydrogen-bond acceptors (Lipinski definition) is 5. The first-order valence-electron chi connectivity index (χ1n) is 4.35. The van der Waals surface area contributed by atoms with Crippen molar-refractivity contribution in [1.29, 1.82) is 0 Å². The van der Waals surface area contributed by atoms with E-state index in [0.717, 1.165) is 11.8 Å². The molecule has 1 heterocycles. The average Bonchev–Trinajstić information content (AvgIpc) is 2.13. The van der Waals surface area contributed by atoms with Gasteiger partial charge in [0.1, 0.15) is 5.37 Å². The van der Waals surface area contributed by atoms with Gasteiger partial charge < -0.3 is 10.0 Å². The van der Waals surface area contributed by atoms with Gasteiger partial charge in [0.05, 0.1) is 0 Å². The molecule has 15 heavy (non-hydrogen) atoms. The van der Waals surface area contributed by atoms with Crippen molar-refractivity contribution in [2.75, 3.05) is 24.3 Å². The second-order valence-corrected chi connectivity index (χ2v) is 6.60. The fourth-order valence-corrected chi connectivity index (χ4v) is 4.14. The molecule has 7 heteroatoms. The summed E-state index contributed by atoms with van der Waals surface area (Å²) in [7, 11) is -3.16. The molecular formula is C8H13NO4S2. The quantitative estimate of drug-likeness (QED) is 0.712. The van der Waals surface area contributed by atoms with Crippen LogP contribution in [0.25, 0.3) is 0 Å². The third kappa shape index (κ3) is 3.75. The Kier molecular flexibility index (Phi) is 4.04. The van der Waals surface area contributed by atoms with Crippen LogP contribution in [0.5, 0.6) is 0 Å². The number of carboxylic acids is 1. The van der Waals surface area contributed by atoms with Crippen molar-refractivity contribution < 1.29 is 18.3 Å². The summed E-state index contributed by atoms with van der Waals surface area (Å²) in [5.41, 5.74) is 0. The van der Waals surface area contributed by atoms with Gasteiger partial charge in [-0.1, -0.05) is 0 Å². The molecule has 0 aromatic rings. The number of hydrogen-bond donors (Lipinski definition) is 1. The zero-order valence-corrected chi connectivity index (χ0v) is 9.92.